The Hall–Kier alpha value is -1.13. The topological polar surface area (TPSA) is 44.5 Å². The van der Waals surface area contributed by atoms with Crippen molar-refractivity contribution in [2.75, 3.05) is 6.61 Å². The Balaban J connectivity index is 1.97. The van der Waals surface area contributed by atoms with E-state index in [1.54, 1.807) is 0 Å². The van der Waals surface area contributed by atoms with Crippen LogP contribution in [-0.2, 0) is 4.74 Å². The van der Waals surface area contributed by atoms with Crippen molar-refractivity contribution >= 4 is 17.2 Å². The van der Waals surface area contributed by atoms with Crippen LogP contribution < -0.4 is 10.5 Å². The molecule has 1 aliphatic heterocycles. The first-order valence-electron chi connectivity index (χ1n) is 5.84. The lowest BCUT2D eigenvalue weighted by Gasteiger charge is -2.14. The highest BCUT2D eigenvalue weighted by molar-refractivity contribution is 7.80. The van der Waals surface area contributed by atoms with Gasteiger partial charge in [0.25, 0.3) is 0 Å². The minimum absolute atomic E-state index is 0.185. The minimum Gasteiger partial charge on any atom is -0.490 e. The fourth-order valence-corrected chi connectivity index (χ4v) is 2.16. The highest BCUT2D eigenvalue weighted by Crippen LogP contribution is 2.22. The van der Waals surface area contributed by atoms with Crippen molar-refractivity contribution < 1.29 is 9.47 Å². The lowest BCUT2D eigenvalue weighted by molar-refractivity contribution is 0.0264. The average Bonchev–Trinajstić information content (AvgIpc) is 2.73. The third kappa shape index (κ3) is 3.17. The highest BCUT2D eigenvalue weighted by Gasteiger charge is 2.22. The third-order valence-electron chi connectivity index (χ3n) is 2.90. The van der Waals surface area contributed by atoms with E-state index in [1.807, 2.05) is 24.3 Å². The third-order valence-corrected chi connectivity index (χ3v) is 3.12. The van der Waals surface area contributed by atoms with Crippen molar-refractivity contribution in [2.24, 2.45) is 5.73 Å². The number of ether oxygens (including phenoxy) is 2. The van der Waals surface area contributed by atoms with E-state index in [0.29, 0.717) is 17.7 Å². The Bertz CT molecular complexity index is 408. The predicted octanol–water partition coefficient (Wildman–Crippen LogP) is 2.27. The molecular weight excluding hydrogens is 234 g/mol. The maximum atomic E-state index is 5.74. The van der Waals surface area contributed by atoms with Gasteiger partial charge in [-0.1, -0.05) is 24.4 Å². The molecule has 0 amide bonds. The monoisotopic (exact) mass is 251 g/mol. The van der Waals surface area contributed by atoms with Gasteiger partial charge in [0.2, 0.25) is 0 Å². The van der Waals surface area contributed by atoms with Crippen LogP contribution in [0.2, 0.25) is 0 Å². The van der Waals surface area contributed by atoms with Crippen LogP contribution in [0.1, 0.15) is 25.3 Å². The van der Waals surface area contributed by atoms with Crippen LogP contribution in [0.4, 0.5) is 0 Å². The van der Waals surface area contributed by atoms with E-state index in [0.717, 1.165) is 24.2 Å². The van der Waals surface area contributed by atoms with E-state index in [4.69, 9.17) is 27.4 Å². The van der Waals surface area contributed by atoms with Crippen molar-refractivity contribution in [3.8, 4) is 5.75 Å². The number of thiocarbonyl (C=S) groups is 1. The molecular formula is C13H17NO2S. The zero-order chi connectivity index (χ0) is 12.3. The summed E-state index contributed by atoms with van der Waals surface area (Å²) in [5, 5.41) is 0. The molecule has 0 bridgehead atoms. The summed E-state index contributed by atoms with van der Waals surface area (Å²) < 4.78 is 11.4. The van der Waals surface area contributed by atoms with Crippen molar-refractivity contribution in [3.05, 3.63) is 29.8 Å². The number of hydrogen-bond donors (Lipinski definition) is 1. The number of rotatable bonds is 4. The molecule has 4 heteroatoms. The molecule has 2 rings (SSSR count). The van der Waals surface area contributed by atoms with Gasteiger partial charge in [0.15, 0.2) is 0 Å². The summed E-state index contributed by atoms with van der Waals surface area (Å²) in [5.74, 6) is 0.739. The summed E-state index contributed by atoms with van der Waals surface area (Å²) in [7, 11) is 0. The summed E-state index contributed by atoms with van der Waals surface area (Å²) in [6.07, 6.45) is 2.68. The fourth-order valence-electron chi connectivity index (χ4n) is 1.99. The smallest absolute Gasteiger partial charge is 0.129 e. The minimum atomic E-state index is 0.185. The van der Waals surface area contributed by atoms with E-state index in [9.17, 15) is 0 Å². The summed E-state index contributed by atoms with van der Waals surface area (Å²) >= 11 is 4.98. The Morgan fingerprint density at radius 2 is 2.24 bits per heavy atom. The zero-order valence-corrected chi connectivity index (χ0v) is 10.7. The summed E-state index contributed by atoms with van der Waals surface area (Å²) in [4.78, 5) is 0.362. The number of benzene rings is 1. The Labute approximate surface area is 107 Å². The van der Waals surface area contributed by atoms with Gasteiger partial charge in [-0.05, 0) is 31.9 Å². The maximum absolute atomic E-state index is 5.74. The lowest BCUT2D eigenvalue weighted by Crippen LogP contribution is -2.19. The van der Waals surface area contributed by atoms with E-state index in [2.05, 4.69) is 6.92 Å². The summed E-state index contributed by atoms with van der Waals surface area (Å²) in [6, 6.07) is 7.56. The predicted molar refractivity (Wildman–Crippen MR) is 71.4 cm³/mol. The Morgan fingerprint density at radius 1 is 1.47 bits per heavy atom. The largest absolute Gasteiger partial charge is 0.490 e. The number of nitrogens with two attached hydrogens (primary N) is 1. The standard InChI is InChI=1S/C13H17NO2S/c1-9-6-7-10(16-9)8-15-12-5-3-2-4-11(12)13(14)17/h2-5,9-10H,6-8H2,1H3,(H2,14,17). The molecule has 92 valence electrons. The van der Waals surface area contributed by atoms with Crippen molar-refractivity contribution in [1.82, 2.24) is 0 Å². The van der Waals surface area contributed by atoms with E-state index >= 15 is 0 Å². The van der Waals surface area contributed by atoms with Crippen LogP contribution in [0.5, 0.6) is 5.75 Å². The van der Waals surface area contributed by atoms with Crippen LogP contribution in [0.3, 0.4) is 0 Å². The van der Waals surface area contributed by atoms with E-state index in [-0.39, 0.29) is 6.10 Å². The molecule has 2 atom stereocenters. The molecule has 1 aromatic rings. The first-order chi connectivity index (χ1) is 8.16. The summed E-state index contributed by atoms with van der Waals surface area (Å²) in [5.41, 5.74) is 6.43. The van der Waals surface area contributed by atoms with Crippen LogP contribution in [0, 0.1) is 0 Å². The molecule has 0 radical (unpaired) electrons. The molecule has 17 heavy (non-hydrogen) atoms. The molecule has 0 spiro atoms. The number of para-hydroxylation sites is 1. The molecule has 1 aromatic carbocycles. The molecule has 0 aromatic heterocycles. The molecule has 2 unspecified atom stereocenters. The van der Waals surface area contributed by atoms with Crippen LogP contribution in [0.15, 0.2) is 24.3 Å². The van der Waals surface area contributed by atoms with Gasteiger partial charge in [-0.25, -0.2) is 0 Å². The molecule has 0 saturated carbocycles. The highest BCUT2D eigenvalue weighted by atomic mass is 32.1. The van der Waals surface area contributed by atoms with Crippen LogP contribution in [-0.4, -0.2) is 23.8 Å². The second-order valence-electron chi connectivity index (χ2n) is 4.32. The van der Waals surface area contributed by atoms with Crippen molar-refractivity contribution in [3.63, 3.8) is 0 Å². The zero-order valence-electron chi connectivity index (χ0n) is 9.89. The van der Waals surface area contributed by atoms with Crippen molar-refractivity contribution in [2.45, 2.75) is 32.0 Å². The van der Waals surface area contributed by atoms with Crippen molar-refractivity contribution in [1.29, 1.82) is 0 Å². The van der Waals surface area contributed by atoms with Gasteiger partial charge in [-0.3, -0.25) is 0 Å². The molecule has 1 aliphatic rings. The second-order valence-corrected chi connectivity index (χ2v) is 4.76. The molecule has 1 heterocycles. The van der Waals surface area contributed by atoms with Gasteiger partial charge in [0, 0.05) is 0 Å². The van der Waals surface area contributed by atoms with Gasteiger partial charge in [0.1, 0.15) is 17.3 Å². The molecule has 2 N–H and O–H groups in total. The van der Waals surface area contributed by atoms with E-state index < -0.39 is 0 Å². The molecule has 0 aliphatic carbocycles. The van der Waals surface area contributed by atoms with Crippen LogP contribution >= 0.6 is 12.2 Å². The fraction of sp³-hybridized carbons (Fsp3) is 0.462. The maximum Gasteiger partial charge on any atom is 0.129 e. The molecule has 1 saturated heterocycles. The van der Waals surface area contributed by atoms with Gasteiger partial charge < -0.3 is 15.2 Å². The van der Waals surface area contributed by atoms with Gasteiger partial charge in [-0.2, -0.15) is 0 Å². The first-order valence-corrected chi connectivity index (χ1v) is 6.24. The SMILES string of the molecule is CC1CCC(COc2ccccc2C(N)=S)O1. The molecule has 1 fully saturated rings. The Kier molecular flexibility index (Phi) is 3.97. The number of hydrogen-bond acceptors (Lipinski definition) is 3. The first kappa shape index (κ1) is 12.3. The lowest BCUT2D eigenvalue weighted by atomic mass is 10.2. The quantitative estimate of drug-likeness (QED) is 0.834. The van der Waals surface area contributed by atoms with Gasteiger partial charge >= 0.3 is 0 Å². The Morgan fingerprint density at radius 3 is 2.88 bits per heavy atom. The summed E-state index contributed by atoms with van der Waals surface area (Å²) in [6.45, 7) is 2.65. The second kappa shape index (κ2) is 5.47. The normalized spacial score (nSPS) is 23.6. The van der Waals surface area contributed by atoms with Crippen LogP contribution in [0.25, 0.3) is 0 Å². The van der Waals surface area contributed by atoms with Gasteiger partial charge in [-0.15, -0.1) is 0 Å². The average molecular weight is 251 g/mol. The van der Waals surface area contributed by atoms with E-state index in [1.165, 1.54) is 0 Å². The molecule has 3 nitrogen and oxygen atoms in total. The van der Waals surface area contributed by atoms with Gasteiger partial charge in [0.05, 0.1) is 17.8 Å².